The highest BCUT2D eigenvalue weighted by atomic mass is 16.6. The molecule has 1 atom stereocenters. The zero-order valence-electron chi connectivity index (χ0n) is 14.8. The minimum absolute atomic E-state index is 0.132. The molecule has 3 rings (SSSR count). The Labute approximate surface area is 155 Å². The Morgan fingerprint density at radius 1 is 1.07 bits per heavy atom. The first-order valence-electron chi connectivity index (χ1n) is 8.27. The topological polar surface area (TPSA) is 90.7 Å². The van der Waals surface area contributed by atoms with Gasteiger partial charge < -0.3 is 14.8 Å². The number of benzene rings is 3. The van der Waals surface area contributed by atoms with Gasteiger partial charge in [-0.15, -0.1) is 0 Å². The Kier molecular flexibility index (Phi) is 5.21. The molecular weight excluding hydrogens is 348 g/mol. The van der Waals surface area contributed by atoms with Gasteiger partial charge in [0.1, 0.15) is 0 Å². The zero-order valence-corrected chi connectivity index (χ0v) is 14.8. The van der Waals surface area contributed by atoms with Gasteiger partial charge >= 0.3 is 0 Å². The Bertz CT molecular complexity index is 997. The molecule has 0 aliphatic rings. The number of methoxy groups -OCH3 is 1. The van der Waals surface area contributed by atoms with E-state index in [0.717, 1.165) is 10.8 Å². The van der Waals surface area contributed by atoms with Gasteiger partial charge in [-0.2, -0.15) is 0 Å². The van der Waals surface area contributed by atoms with Crippen LogP contribution in [0.15, 0.2) is 60.7 Å². The van der Waals surface area contributed by atoms with E-state index in [1.807, 2.05) is 36.4 Å². The van der Waals surface area contributed by atoms with Gasteiger partial charge in [-0.05, 0) is 24.4 Å². The van der Waals surface area contributed by atoms with Crippen molar-refractivity contribution in [2.75, 3.05) is 12.4 Å². The number of nitro groups is 1. The third-order valence-corrected chi connectivity index (χ3v) is 4.08. The van der Waals surface area contributed by atoms with E-state index in [2.05, 4.69) is 5.32 Å². The summed E-state index contributed by atoms with van der Waals surface area (Å²) in [6.07, 6.45) is -0.889. The van der Waals surface area contributed by atoms with E-state index in [9.17, 15) is 14.9 Å². The second-order valence-electron chi connectivity index (χ2n) is 5.87. The molecule has 0 aromatic heterocycles. The Balaban J connectivity index is 1.80. The molecule has 7 heteroatoms. The summed E-state index contributed by atoms with van der Waals surface area (Å²) < 4.78 is 10.8. The molecule has 0 aliphatic carbocycles. The maximum Gasteiger partial charge on any atom is 0.273 e. The van der Waals surface area contributed by atoms with E-state index in [1.165, 1.54) is 25.3 Å². The van der Waals surface area contributed by atoms with Crippen molar-refractivity contribution in [2.24, 2.45) is 0 Å². The standard InChI is InChI=1S/C20H18N2O5/c1-13(27-19-12-15(22(24)25)10-11-18(19)26-2)20(23)21-17-9-5-7-14-6-3-4-8-16(14)17/h3-13H,1-2H3,(H,21,23)/t13-/m1/s1. The van der Waals surface area contributed by atoms with Gasteiger partial charge in [-0.1, -0.05) is 36.4 Å². The molecule has 0 radical (unpaired) electrons. The van der Waals surface area contributed by atoms with Gasteiger partial charge in [0.05, 0.1) is 18.1 Å². The van der Waals surface area contributed by atoms with Crippen molar-refractivity contribution in [3.63, 3.8) is 0 Å². The maximum absolute atomic E-state index is 12.6. The number of carbonyl (C=O) groups is 1. The van der Waals surface area contributed by atoms with Gasteiger partial charge in [0, 0.05) is 17.1 Å². The van der Waals surface area contributed by atoms with Crippen molar-refractivity contribution < 1.29 is 19.2 Å². The maximum atomic E-state index is 12.6. The lowest BCUT2D eigenvalue weighted by atomic mass is 10.1. The Hall–Kier alpha value is -3.61. The van der Waals surface area contributed by atoms with Crippen LogP contribution in [0, 0.1) is 10.1 Å². The summed E-state index contributed by atoms with van der Waals surface area (Å²) in [5.41, 5.74) is 0.520. The van der Waals surface area contributed by atoms with Crippen LogP contribution in [0.3, 0.4) is 0 Å². The van der Waals surface area contributed by atoms with Crippen molar-refractivity contribution >= 4 is 28.1 Å². The number of fused-ring (bicyclic) bond motifs is 1. The fraction of sp³-hybridized carbons (Fsp3) is 0.150. The molecule has 0 saturated carbocycles. The molecular formula is C20H18N2O5. The number of nitrogens with zero attached hydrogens (tertiary/aromatic N) is 1. The number of nitrogens with one attached hydrogen (secondary N) is 1. The molecule has 27 heavy (non-hydrogen) atoms. The van der Waals surface area contributed by atoms with Crippen LogP contribution in [-0.2, 0) is 4.79 Å². The molecule has 0 aliphatic heterocycles. The van der Waals surface area contributed by atoms with E-state index < -0.39 is 11.0 Å². The van der Waals surface area contributed by atoms with Crippen LogP contribution in [0.2, 0.25) is 0 Å². The molecule has 138 valence electrons. The molecule has 7 nitrogen and oxygen atoms in total. The molecule has 0 heterocycles. The fourth-order valence-corrected chi connectivity index (χ4v) is 2.68. The highest BCUT2D eigenvalue weighted by molar-refractivity contribution is 6.03. The summed E-state index contributed by atoms with van der Waals surface area (Å²) >= 11 is 0. The number of rotatable bonds is 6. The van der Waals surface area contributed by atoms with E-state index in [0.29, 0.717) is 11.4 Å². The lowest BCUT2D eigenvalue weighted by Gasteiger charge is -2.17. The van der Waals surface area contributed by atoms with Crippen molar-refractivity contribution in [1.29, 1.82) is 0 Å². The van der Waals surface area contributed by atoms with E-state index in [-0.39, 0.29) is 17.3 Å². The first kappa shape index (κ1) is 18.2. The quantitative estimate of drug-likeness (QED) is 0.522. The number of non-ortho nitro benzene ring substituents is 1. The smallest absolute Gasteiger partial charge is 0.273 e. The number of nitro benzene ring substituents is 1. The van der Waals surface area contributed by atoms with Gasteiger partial charge in [0.15, 0.2) is 17.6 Å². The average molecular weight is 366 g/mol. The van der Waals surface area contributed by atoms with Crippen LogP contribution in [0.1, 0.15) is 6.92 Å². The van der Waals surface area contributed by atoms with Crippen LogP contribution < -0.4 is 14.8 Å². The molecule has 1 amide bonds. The number of hydrogen-bond donors (Lipinski definition) is 1. The molecule has 3 aromatic rings. The van der Waals surface area contributed by atoms with Gasteiger partial charge in [0.25, 0.3) is 11.6 Å². The van der Waals surface area contributed by atoms with Crippen molar-refractivity contribution in [3.8, 4) is 11.5 Å². The van der Waals surface area contributed by atoms with Gasteiger partial charge in [0.2, 0.25) is 0 Å². The highest BCUT2D eigenvalue weighted by Gasteiger charge is 2.20. The SMILES string of the molecule is COc1ccc([N+](=O)[O-])cc1O[C@H](C)C(=O)Nc1cccc2ccccc12. The second kappa shape index (κ2) is 7.74. The normalized spacial score (nSPS) is 11.6. The number of anilines is 1. The molecule has 0 saturated heterocycles. The first-order chi connectivity index (χ1) is 13.0. The van der Waals surface area contributed by atoms with E-state index in [1.54, 1.807) is 13.0 Å². The van der Waals surface area contributed by atoms with Crippen molar-refractivity contribution in [2.45, 2.75) is 13.0 Å². The van der Waals surface area contributed by atoms with Crippen LogP contribution in [-0.4, -0.2) is 24.0 Å². The van der Waals surface area contributed by atoms with Crippen molar-refractivity contribution in [3.05, 3.63) is 70.8 Å². The van der Waals surface area contributed by atoms with Crippen LogP contribution in [0.25, 0.3) is 10.8 Å². The third-order valence-electron chi connectivity index (χ3n) is 4.08. The van der Waals surface area contributed by atoms with Gasteiger partial charge in [-0.3, -0.25) is 14.9 Å². The molecule has 1 N–H and O–H groups in total. The summed E-state index contributed by atoms with van der Waals surface area (Å²) in [6.45, 7) is 1.57. The van der Waals surface area contributed by atoms with E-state index >= 15 is 0 Å². The van der Waals surface area contributed by atoms with Crippen LogP contribution in [0.5, 0.6) is 11.5 Å². The van der Waals surface area contributed by atoms with Crippen LogP contribution in [0.4, 0.5) is 11.4 Å². The average Bonchev–Trinajstić information content (AvgIpc) is 2.68. The largest absolute Gasteiger partial charge is 0.493 e. The number of ether oxygens (including phenoxy) is 2. The third kappa shape index (κ3) is 3.98. The molecule has 0 spiro atoms. The molecule has 0 fully saturated rings. The Morgan fingerprint density at radius 3 is 2.56 bits per heavy atom. The first-order valence-corrected chi connectivity index (χ1v) is 8.27. The molecule has 0 bridgehead atoms. The summed E-state index contributed by atoms with van der Waals surface area (Å²) in [5, 5.41) is 15.7. The fourth-order valence-electron chi connectivity index (χ4n) is 2.68. The van der Waals surface area contributed by atoms with Gasteiger partial charge in [-0.25, -0.2) is 0 Å². The monoisotopic (exact) mass is 366 g/mol. The predicted octanol–water partition coefficient (Wildman–Crippen LogP) is 4.16. The minimum atomic E-state index is -0.889. The summed E-state index contributed by atoms with van der Waals surface area (Å²) in [6, 6.07) is 17.3. The lowest BCUT2D eigenvalue weighted by molar-refractivity contribution is -0.385. The Morgan fingerprint density at radius 2 is 1.81 bits per heavy atom. The number of hydrogen-bond acceptors (Lipinski definition) is 5. The lowest BCUT2D eigenvalue weighted by Crippen LogP contribution is -2.30. The summed E-state index contributed by atoms with van der Waals surface area (Å²) in [5.74, 6) is 0.0672. The summed E-state index contributed by atoms with van der Waals surface area (Å²) in [4.78, 5) is 23.0. The number of carbonyl (C=O) groups excluding carboxylic acids is 1. The minimum Gasteiger partial charge on any atom is -0.493 e. The number of amides is 1. The van der Waals surface area contributed by atoms with Crippen LogP contribution >= 0.6 is 0 Å². The summed E-state index contributed by atoms with van der Waals surface area (Å²) in [7, 11) is 1.43. The second-order valence-corrected chi connectivity index (χ2v) is 5.87. The van der Waals surface area contributed by atoms with E-state index in [4.69, 9.17) is 9.47 Å². The predicted molar refractivity (Wildman–Crippen MR) is 102 cm³/mol. The molecule has 3 aromatic carbocycles. The van der Waals surface area contributed by atoms with Crippen molar-refractivity contribution in [1.82, 2.24) is 0 Å². The highest BCUT2D eigenvalue weighted by Crippen LogP contribution is 2.32. The molecule has 0 unspecified atom stereocenters. The zero-order chi connectivity index (χ0) is 19.4.